The predicted octanol–water partition coefficient (Wildman–Crippen LogP) is 1.12. The topological polar surface area (TPSA) is 72.2 Å². The fourth-order valence-corrected chi connectivity index (χ4v) is 1.21. The van der Waals surface area contributed by atoms with E-state index in [4.69, 9.17) is 5.73 Å². The van der Waals surface area contributed by atoms with Gasteiger partial charge in [-0.05, 0) is 18.9 Å². The van der Waals surface area contributed by atoms with Gasteiger partial charge in [0.15, 0.2) is 0 Å². The molecule has 0 aromatic heterocycles. The second-order valence-corrected chi connectivity index (χ2v) is 3.40. The Morgan fingerprint density at radius 2 is 1.87 bits per heavy atom. The van der Waals surface area contributed by atoms with Crippen LogP contribution in [0.15, 0.2) is 24.3 Å². The minimum atomic E-state index is -0.802. The highest BCUT2D eigenvalue weighted by molar-refractivity contribution is 5.93. The quantitative estimate of drug-likeness (QED) is 0.777. The zero-order valence-corrected chi connectivity index (χ0v) is 8.62. The highest BCUT2D eigenvalue weighted by Gasteiger charge is 2.03. The van der Waals surface area contributed by atoms with Crippen molar-refractivity contribution in [2.75, 3.05) is 0 Å². The zero-order chi connectivity index (χ0) is 11.3. The number of carbonyl (C=O) groups excluding carboxylic acids is 2. The lowest BCUT2D eigenvalue weighted by molar-refractivity contribution is -0.119. The Labute approximate surface area is 88.5 Å². The lowest BCUT2D eigenvalue weighted by atomic mass is 10.1. The van der Waals surface area contributed by atoms with Crippen LogP contribution < -0.4 is 11.1 Å². The van der Waals surface area contributed by atoms with E-state index in [1.807, 2.05) is 36.5 Å². The molecule has 4 heteroatoms. The summed E-state index contributed by atoms with van der Waals surface area (Å²) in [5, 5.41) is 2.02. The van der Waals surface area contributed by atoms with E-state index in [2.05, 4.69) is 0 Å². The number of carbonyl (C=O) groups is 2. The van der Waals surface area contributed by atoms with Crippen LogP contribution in [-0.4, -0.2) is 11.9 Å². The van der Waals surface area contributed by atoms with Crippen molar-refractivity contribution in [3.8, 4) is 0 Å². The summed E-state index contributed by atoms with van der Waals surface area (Å²) in [6.45, 7) is 2.00. The SMILES string of the molecule is Cc1ccc(CCC(=O)NC(N)=O)cc1. The van der Waals surface area contributed by atoms with Gasteiger partial charge in [-0.15, -0.1) is 0 Å². The van der Waals surface area contributed by atoms with E-state index in [0.717, 1.165) is 5.56 Å². The van der Waals surface area contributed by atoms with Crippen molar-refractivity contribution in [1.82, 2.24) is 5.32 Å². The van der Waals surface area contributed by atoms with Crippen molar-refractivity contribution < 1.29 is 9.59 Å². The van der Waals surface area contributed by atoms with Gasteiger partial charge < -0.3 is 5.73 Å². The van der Waals surface area contributed by atoms with E-state index in [9.17, 15) is 9.59 Å². The molecule has 0 saturated carbocycles. The molecule has 0 atom stereocenters. The van der Waals surface area contributed by atoms with Gasteiger partial charge in [0.05, 0.1) is 0 Å². The fraction of sp³-hybridized carbons (Fsp3) is 0.273. The van der Waals surface area contributed by atoms with Gasteiger partial charge in [-0.25, -0.2) is 4.79 Å². The minimum Gasteiger partial charge on any atom is -0.351 e. The molecule has 0 bridgehead atoms. The molecule has 0 fully saturated rings. The summed E-state index contributed by atoms with van der Waals surface area (Å²) in [5.74, 6) is -0.344. The Hall–Kier alpha value is -1.84. The predicted molar refractivity (Wildman–Crippen MR) is 57.2 cm³/mol. The molecule has 0 aliphatic rings. The van der Waals surface area contributed by atoms with E-state index in [0.29, 0.717) is 6.42 Å². The molecular weight excluding hydrogens is 192 g/mol. The number of nitrogens with one attached hydrogen (secondary N) is 1. The number of hydrogen-bond acceptors (Lipinski definition) is 2. The first-order valence-corrected chi connectivity index (χ1v) is 4.73. The average molecular weight is 206 g/mol. The van der Waals surface area contributed by atoms with Crippen molar-refractivity contribution in [3.05, 3.63) is 35.4 Å². The lowest BCUT2D eigenvalue weighted by Gasteiger charge is -2.01. The number of hydrogen-bond donors (Lipinski definition) is 2. The first-order valence-electron chi connectivity index (χ1n) is 4.73. The molecule has 0 saturated heterocycles. The summed E-state index contributed by atoms with van der Waals surface area (Å²) in [4.78, 5) is 21.4. The maximum Gasteiger partial charge on any atom is 0.318 e. The third kappa shape index (κ3) is 4.26. The van der Waals surface area contributed by atoms with Gasteiger partial charge in [-0.1, -0.05) is 29.8 Å². The summed E-state index contributed by atoms with van der Waals surface area (Å²) in [6.07, 6.45) is 0.880. The first kappa shape index (κ1) is 11.2. The molecule has 0 aliphatic heterocycles. The number of urea groups is 1. The van der Waals surface area contributed by atoms with E-state index < -0.39 is 6.03 Å². The standard InChI is InChI=1S/C11H14N2O2/c1-8-2-4-9(5-3-8)6-7-10(14)13-11(12)15/h2-5H,6-7H2,1H3,(H3,12,13,14,15). The normalized spacial score (nSPS) is 9.67. The van der Waals surface area contributed by atoms with Crippen LogP contribution in [0.1, 0.15) is 17.5 Å². The van der Waals surface area contributed by atoms with Crippen molar-refractivity contribution >= 4 is 11.9 Å². The fourth-order valence-electron chi connectivity index (χ4n) is 1.21. The first-order chi connectivity index (χ1) is 7.08. The number of aryl methyl sites for hydroxylation is 2. The van der Waals surface area contributed by atoms with Gasteiger partial charge in [0, 0.05) is 6.42 Å². The molecule has 0 heterocycles. The van der Waals surface area contributed by atoms with E-state index in [1.54, 1.807) is 0 Å². The van der Waals surface area contributed by atoms with E-state index in [1.165, 1.54) is 5.56 Å². The summed E-state index contributed by atoms with van der Waals surface area (Å²) < 4.78 is 0. The van der Waals surface area contributed by atoms with Crippen LogP contribution in [0.3, 0.4) is 0 Å². The maximum atomic E-state index is 11.1. The average Bonchev–Trinajstić information content (AvgIpc) is 2.16. The summed E-state index contributed by atoms with van der Waals surface area (Å²) in [5.41, 5.74) is 7.06. The van der Waals surface area contributed by atoms with Gasteiger partial charge in [-0.2, -0.15) is 0 Å². The van der Waals surface area contributed by atoms with Crippen molar-refractivity contribution in [2.45, 2.75) is 19.8 Å². The number of benzene rings is 1. The van der Waals surface area contributed by atoms with Crippen LogP contribution in [0.2, 0.25) is 0 Å². The third-order valence-electron chi connectivity index (χ3n) is 2.02. The Balaban J connectivity index is 2.40. The number of amides is 3. The van der Waals surface area contributed by atoms with Crippen LogP contribution in [0.4, 0.5) is 4.79 Å². The molecule has 4 nitrogen and oxygen atoms in total. The molecule has 0 aliphatic carbocycles. The molecule has 1 rings (SSSR count). The maximum absolute atomic E-state index is 11.1. The summed E-state index contributed by atoms with van der Waals surface area (Å²) in [6, 6.07) is 7.10. The molecular formula is C11H14N2O2. The molecule has 15 heavy (non-hydrogen) atoms. The molecule has 0 radical (unpaired) electrons. The van der Waals surface area contributed by atoms with Gasteiger partial charge >= 0.3 is 6.03 Å². The third-order valence-corrected chi connectivity index (χ3v) is 2.02. The molecule has 1 aromatic carbocycles. The second kappa shape index (κ2) is 5.14. The summed E-state index contributed by atoms with van der Waals surface area (Å²) >= 11 is 0. The van der Waals surface area contributed by atoms with Crippen LogP contribution in [0.25, 0.3) is 0 Å². The van der Waals surface area contributed by atoms with Crippen molar-refractivity contribution in [2.24, 2.45) is 5.73 Å². The Morgan fingerprint density at radius 3 is 2.40 bits per heavy atom. The van der Waals surface area contributed by atoms with Gasteiger partial charge in [0.1, 0.15) is 0 Å². The number of primary amides is 1. The Morgan fingerprint density at radius 1 is 1.27 bits per heavy atom. The summed E-state index contributed by atoms with van der Waals surface area (Å²) in [7, 11) is 0. The smallest absolute Gasteiger partial charge is 0.318 e. The number of imide groups is 1. The van der Waals surface area contributed by atoms with E-state index >= 15 is 0 Å². The lowest BCUT2D eigenvalue weighted by Crippen LogP contribution is -2.35. The van der Waals surface area contributed by atoms with Crippen LogP contribution in [0.5, 0.6) is 0 Å². The van der Waals surface area contributed by atoms with E-state index in [-0.39, 0.29) is 12.3 Å². The Kier molecular flexibility index (Phi) is 3.85. The van der Waals surface area contributed by atoms with Crippen LogP contribution >= 0.6 is 0 Å². The van der Waals surface area contributed by atoms with Crippen molar-refractivity contribution in [3.63, 3.8) is 0 Å². The van der Waals surface area contributed by atoms with Crippen LogP contribution in [-0.2, 0) is 11.2 Å². The van der Waals surface area contributed by atoms with Crippen molar-refractivity contribution in [1.29, 1.82) is 0 Å². The highest BCUT2D eigenvalue weighted by Crippen LogP contribution is 2.05. The molecule has 3 amide bonds. The molecule has 80 valence electrons. The molecule has 0 spiro atoms. The highest BCUT2D eigenvalue weighted by atomic mass is 16.2. The molecule has 0 unspecified atom stereocenters. The van der Waals surface area contributed by atoms with Gasteiger partial charge in [0.25, 0.3) is 0 Å². The second-order valence-electron chi connectivity index (χ2n) is 3.40. The largest absolute Gasteiger partial charge is 0.351 e. The minimum absolute atomic E-state index is 0.270. The monoisotopic (exact) mass is 206 g/mol. The zero-order valence-electron chi connectivity index (χ0n) is 8.62. The molecule has 3 N–H and O–H groups in total. The number of rotatable bonds is 3. The van der Waals surface area contributed by atoms with Gasteiger partial charge in [-0.3, -0.25) is 10.1 Å². The number of nitrogens with two attached hydrogens (primary N) is 1. The van der Waals surface area contributed by atoms with Gasteiger partial charge in [0.2, 0.25) is 5.91 Å². The Bertz CT molecular complexity index is 357. The van der Waals surface area contributed by atoms with Crippen LogP contribution in [0, 0.1) is 6.92 Å². The molecule has 1 aromatic rings.